The summed E-state index contributed by atoms with van der Waals surface area (Å²) in [6, 6.07) is 10.5. The van der Waals surface area contributed by atoms with Crippen LogP contribution >= 0.6 is 11.6 Å². The van der Waals surface area contributed by atoms with E-state index in [1.165, 1.54) is 0 Å². The van der Waals surface area contributed by atoms with Crippen molar-refractivity contribution in [2.45, 2.75) is 67.2 Å². The Hall–Kier alpha value is -2.92. The van der Waals surface area contributed by atoms with E-state index in [1.807, 2.05) is 39.1 Å². The van der Waals surface area contributed by atoms with Crippen molar-refractivity contribution in [2.24, 2.45) is 10.8 Å². The number of carboxylic acid groups (broad SMARTS) is 1. The van der Waals surface area contributed by atoms with Crippen LogP contribution in [0.25, 0.3) is 5.52 Å². The number of fused-ring (bicyclic) bond motifs is 1. The lowest BCUT2D eigenvalue weighted by Crippen LogP contribution is -2.28. The van der Waals surface area contributed by atoms with E-state index in [4.69, 9.17) is 11.6 Å². The number of aliphatic carboxylic acids is 1. The molecule has 0 spiro atoms. The molecule has 0 aliphatic carbocycles. The Morgan fingerprint density at radius 2 is 1.60 bits per heavy atom. The van der Waals surface area contributed by atoms with Crippen molar-refractivity contribution in [2.75, 3.05) is 0 Å². The van der Waals surface area contributed by atoms with Crippen molar-refractivity contribution in [3.8, 4) is 0 Å². The first-order valence-electron chi connectivity index (χ1n) is 11.9. The van der Waals surface area contributed by atoms with Gasteiger partial charge < -0.3 is 9.51 Å². The molecule has 0 radical (unpaired) electrons. The zero-order valence-electron chi connectivity index (χ0n) is 21.5. The van der Waals surface area contributed by atoms with Crippen molar-refractivity contribution in [3.05, 3.63) is 75.6 Å². The normalized spacial score (nSPS) is 12.4. The molecule has 0 saturated carbocycles. The largest absolute Gasteiger partial charge is 0.481 e. The number of aromatic nitrogens is 1. The number of halogens is 1. The molecule has 1 N–H and O–H groups in total. The van der Waals surface area contributed by atoms with Gasteiger partial charge in [0.15, 0.2) is 5.78 Å². The summed E-state index contributed by atoms with van der Waals surface area (Å²) in [6.45, 7) is 13.3. The average Bonchev–Trinajstić information content (AvgIpc) is 3.04. The van der Waals surface area contributed by atoms with Crippen LogP contribution in [0.15, 0.2) is 42.6 Å². The van der Waals surface area contributed by atoms with Crippen LogP contribution < -0.4 is 0 Å². The highest BCUT2D eigenvalue weighted by Gasteiger charge is 2.36. The van der Waals surface area contributed by atoms with Crippen LogP contribution in [0.2, 0.25) is 5.02 Å². The van der Waals surface area contributed by atoms with Gasteiger partial charge >= 0.3 is 5.97 Å². The van der Waals surface area contributed by atoms with Crippen molar-refractivity contribution in [3.63, 3.8) is 0 Å². The summed E-state index contributed by atoms with van der Waals surface area (Å²) in [5.41, 5.74) is 1.88. The number of carbonyl (C=O) groups is 3. The predicted octanol–water partition coefficient (Wildman–Crippen LogP) is 7.22. The van der Waals surface area contributed by atoms with E-state index in [1.54, 1.807) is 42.5 Å². The number of hydrogen-bond donors (Lipinski definition) is 1. The minimum absolute atomic E-state index is 0.0426. The maximum absolute atomic E-state index is 13.9. The van der Waals surface area contributed by atoms with E-state index in [-0.39, 0.29) is 35.7 Å². The number of carboxylic acids is 1. The van der Waals surface area contributed by atoms with E-state index in [0.717, 1.165) is 5.56 Å². The first-order valence-corrected chi connectivity index (χ1v) is 12.2. The minimum Gasteiger partial charge on any atom is -0.481 e. The molecule has 0 unspecified atom stereocenters. The number of benzene rings is 1. The lowest BCUT2D eigenvalue weighted by Gasteiger charge is -2.21. The van der Waals surface area contributed by atoms with E-state index in [9.17, 15) is 19.5 Å². The van der Waals surface area contributed by atoms with Gasteiger partial charge in [-0.2, -0.15) is 0 Å². The first-order chi connectivity index (χ1) is 16.1. The fraction of sp³-hybridized carbons (Fsp3) is 0.414. The van der Waals surface area contributed by atoms with Crippen LogP contribution in [0.4, 0.5) is 0 Å². The Morgan fingerprint density at radius 1 is 1.00 bits per heavy atom. The van der Waals surface area contributed by atoms with Gasteiger partial charge in [0.1, 0.15) is 0 Å². The van der Waals surface area contributed by atoms with Gasteiger partial charge in [0.05, 0.1) is 16.6 Å². The van der Waals surface area contributed by atoms with Gasteiger partial charge in [-0.05, 0) is 79.1 Å². The third kappa shape index (κ3) is 5.67. The van der Waals surface area contributed by atoms with E-state index >= 15 is 0 Å². The van der Waals surface area contributed by atoms with Gasteiger partial charge in [-0.25, -0.2) is 0 Å². The summed E-state index contributed by atoms with van der Waals surface area (Å²) in [7, 11) is 0. The number of nitrogens with zero attached hydrogens (tertiary/aromatic N) is 1. The molecule has 1 aromatic carbocycles. The first kappa shape index (κ1) is 26.7. The molecule has 0 aliphatic heterocycles. The third-order valence-corrected chi connectivity index (χ3v) is 6.47. The summed E-state index contributed by atoms with van der Waals surface area (Å²) in [6.07, 6.45) is 2.13. The zero-order valence-corrected chi connectivity index (χ0v) is 22.3. The summed E-state index contributed by atoms with van der Waals surface area (Å²) in [4.78, 5) is 39.7. The van der Waals surface area contributed by atoms with Crippen molar-refractivity contribution < 1.29 is 19.5 Å². The smallest absolute Gasteiger partial charge is 0.309 e. The van der Waals surface area contributed by atoms with Crippen LogP contribution in [0.5, 0.6) is 0 Å². The molecule has 2 aromatic heterocycles. The Labute approximate surface area is 212 Å². The second-order valence-corrected chi connectivity index (χ2v) is 11.9. The van der Waals surface area contributed by atoms with E-state index in [2.05, 4.69) is 13.8 Å². The quantitative estimate of drug-likeness (QED) is 0.335. The lowest BCUT2D eigenvalue weighted by molar-refractivity contribution is -0.146. The van der Waals surface area contributed by atoms with E-state index in [0.29, 0.717) is 32.9 Å². The molecule has 3 aromatic rings. The Balaban J connectivity index is 2.41. The molecule has 0 aliphatic rings. The molecule has 0 fully saturated rings. The van der Waals surface area contributed by atoms with Gasteiger partial charge in [-0.3, -0.25) is 14.4 Å². The van der Waals surface area contributed by atoms with Crippen molar-refractivity contribution in [1.82, 2.24) is 4.40 Å². The highest BCUT2D eigenvalue weighted by Crippen LogP contribution is 2.36. The number of ketones is 2. The topological polar surface area (TPSA) is 75.8 Å². The summed E-state index contributed by atoms with van der Waals surface area (Å²) in [5.74, 6) is -1.15. The number of carbonyl (C=O) groups excluding carboxylic acids is 2. The highest BCUT2D eigenvalue weighted by atomic mass is 35.5. The minimum atomic E-state index is -1.18. The van der Waals surface area contributed by atoms with Crippen LogP contribution in [-0.4, -0.2) is 27.0 Å². The Morgan fingerprint density at radius 3 is 2.11 bits per heavy atom. The molecule has 2 heterocycles. The van der Waals surface area contributed by atoms with Gasteiger partial charge in [0.2, 0.25) is 5.78 Å². The van der Waals surface area contributed by atoms with Gasteiger partial charge in [0.25, 0.3) is 0 Å². The molecular weight excluding hydrogens is 462 g/mol. The maximum atomic E-state index is 13.9. The van der Waals surface area contributed by atoms with Crippen LogP contribution in [0.1, 0.15) is 98.3 Å². The van der Waals surface area contributed by atoms with Crippen LogP contribution in [-0.2, 0) is 11.2 Å². The molecule has 0 atom stereocenters. The molecule has 0 bridgehead atoms. The van der Waals surface area contributed by atoms with Crippen LogP contribution in [0, 0.1) is 10.8 Å². The monoisotopic (exact) mass is 495 g/mol. The second-order valence-electron chi connectivity index (χ2n) is 11.4. The Kier molecular flexibility index (Phi) is 7.33. The maximum Gasteiger partial charge on any atom is 0.309 e. The molecule has 0 amide bonds. The highest BCUT2D eigenvalue weighted by molar-refractivity contribution is 6.30. The average molecular weight is 496 g/mol. The third-order valence-electron chi connectivity index (χ3n) is 6.22. The SMILES string of the molecule is CC(C)c1ccn2c(C(=O)c3ccc(Cl)cc3)c(CC(C)(C)C(=O)O)c(C(=O)CC(C)(C)C)c2c1. The van der Waals surface area contributed by atoms with Gasteiger partial charge in [-0.1, -0.05) is 46.2 Å². The number of rotatable bonds is 8. The molecular formula is C29H34ClNO4. The molecule has 186 valence electrons. The van der Waals surface area contributed by atoms with Gasteiger partial charge in [-0.15, -0.1) is 0 Å². The molecule has 3 rings (SSSR count). The molecule has 0 saturated heterocycles. The Bertz CT molecular complexity index is 1290. The molecule has 6 heteroatoms. The fourth-order valence-corrected chi connectivity index (χ4v) is 4.36. The number of pyridine rings is 1. The molecule has 5 nitrogen and oxygen atoms in total. The summed E-state index contributed by atoms with van der Waals surface area (Å²) < 4.78 is 1.76. The number of Topliss-reactive ketones (excluding diaryl/α,β-unsaturated/α-hetero) is 1. The second kappa shape index (κ2) is 9.62. The summed E-state index contributed by atoms with van der Waals surface area (Å²) in [5, 5.41) is 10.4. The fourth-order valence-electron chi connectivity index (χ4n) is 4.24. The van der Waals surface area contributed by atoms with Gasteiger partial charge in [0, 0.05) is 28.8 Å². The zero-order chi connectivity index (χ0) is 26.3. The lowest BCUT2D eigenvalue weighted by atomic mass is 9.81. The van der Waals surface area contributed by atoms with Crippen molar-refractivity contribution in [1.29, 1.82) is 0 Å². The summed E-state index contributed by atoms with van der Waals surface area (Å²) >= 11 is 6.04. The number of hydrogen-bond acceptors (Lipinski definition) is 3. The van der Waals surface area contributed by atoms with Crippen LogP contribution in [0.3, 0.4) is 0 Å². The molecule has 35 heavy (non-hydrogen) atoms. The van der Waals surface area contributed by atoms with E-state index < -0.39 is 11.4 Å². The standard InChI is InChI=1S/C29H34ClNO4/c1-17(2)19-12-13-31-22(14-19)24(23(32)16-28(3,4)5)21(15-29(6,7)27(34)35)25(31)26(33)18-8-10-20(30)11-9-18/h8-14,17H,15-16H2,1-7H3,(H,34,35). The van der Waals surface area contributed by atoms with Crippen molar-refractivity contribution >= 4 is 34.7 Å². The predicted molar refractivity (Wildman–Crippen MR) is 140 cm³/mol.